The predicted molar refractivity (Wildman–Crippen MR) is 111 cm³/mol. The molecule has 0 unspecified atom stereocenters. The number of para-hydroxylation sites is 1. The predicted octanol–water partition coefficient (Wildman–Crippen LogP) is 4.49. The second-order valence-electron chi connectivity index (χ2n) is 6.43. The molecule has 0 radical (unpaired) electrons. The van der Waals surface area contributed by atoms with Gasteiger partial charge in [0.1, 0.15) is 17.0 Å². The molecular weight excluding hydrogens is 393 g/mol. The molecule has 7 heteroatoms. The summed E-state index contributed by atoms with van der Waals surface area (Å²) in [6, 6.07) is 17.6. The zero-order chi connectivity index (χ0) is 20.4. The van der Waals surface area contributed by atoms with Crippen LogP contribution in [0.4, 0.5) is 10.1 Å². The molecule has 1 amide bonds. The van der Waals surface area contributed by atoms with Crippen LogP contribution < -0.4 is 10.9 Å². The topological polar surface area (TPSA) is 64.0 Å². The summed E-state index contributed by atoms with van der Waals surface area (Å²) in [5.41, 5.74) is 1.03. The number of rotatable bonds is 4. The number of amides is 1. The first-order chi connectivity index (χ1) is 14.0. The van der Waals surface area contributed by atoms with E-state index in [9.17, 15) is 14.0 Å². The first kappa shape index (κ1) is 18.8. The van der Waals surface area contributed by atoms with Gasteiger partial charge in [-0.05, 0) is 48.0 Å². The van der Waals surface area contributed by atoms with E-state index in [1.165, 1.54) is 22.8 Å². The molecular formula is C22H15ClFN3O2. The Balaban J connectivity index is 1.80. The van der Waals surface area contributed by atoms with E-state index in [2.05, 4.69) is 10.3 Å². The molecule has 4 rings (SSSR count). The van der Waals surface area contributed by atoms with Crippen molar-refractivity contribution in [1.82, 2.24) is 9.55 Å². The maximum Gasteiger partial charge on any atom is 0.265 e. The Morgan fingerprint density at radius 2 is 1.83 bits per heavy atom. The third-order valence-corrected chi connectivity index (χ3v) is 4.80. The minimum atomic E-state index is -0.568. The molecule has 0 bridgehead atoms. The van der Waals surface area contributed by atoms with Gasteiger partial charge in [-0.2, -0.15) is 0 Å². The van der Waals surface area contributed by atoms with Crippen molar-refractivity contribution in [1.29, 1.82) is 0 Å². The van der Waals surface area contributed by atoms with E-state index < -0.39 is 11.5 Å². The van der Waals surface area contributed by atoms with Gasteiger partial charge in [-0.25, -0.2) is 9.37 Å². The molecule has 0 spiro atoms. The summed E-state index contributed by atoms with van der Waals surface area (Å²) < 4.78 is 14.6. The summed E-state index contributed by atoms with van der Waals surface area (Å²) >= 11 is 6.10. The van der Waals surface area contributed by atoms with Gasteiger partial charge in [-0.1, -0.05) is 35.9 Å². The summed E-state index contributed by atoms with van der Waals surface area (Å²) in [6.07, 6.45) is 1.58. The van der Waals surface area contributed by atoms with E-state index in [-0.39, 0.29) is 17.9 Å². The smallest absolute Gasteiger partial charge is 0.265 e. The number of carbonyl (C=O) groups is 1. The number of fused-ring (bicyclic) bond motifs is 1. The normalized spacial score (nSPS) is 10.8. The fraction of sp³-hybridized carbons (Fsp3) is 0.0455. The Labute approximate surface area is 170 Å². The highest BCUT2D eigenvalue weighted by Crippen LogP contribution is 2.21. The molecule has 2 aromatic heterocycles. The molecule has 1 N–H and O–H groups in total. The molecule has 0 aliphatic rings. The van der Waals surface area contributed by atoms with Gasteiger partial charge in [-0.3, -0.25) is 14.2 Å². The third-order valence-electron chi connectivity index (χ3n) is 4.47. The number of pyridine rings is 2. The molecule has 4 aromatic rings. The van der Waals surface area contributed by atoms with Crippen LogP contribution in [0.25, 0.3) is 11.0 Å². The van der Waals surface area contributed by atoms with Gasteiger partial charge < -0.3 is 5.32 Å². The molecule has 0 fully saturated rings. The van der Waals surface area contributed by atoms with Crippen molar-refractivity contribution in [3.63, 3.8) is 0 Å². The lowest BCUT2D eigenvalue weighted by Crippen LogP contribution is -2.30. The first-order valence-electron chi connectivity index (χ1n) is 8.82. The Morgan fingerprint density at radius 1 is 1.07 bits per heavy atom. The highest BCUT2D eigenvalue weighted by molar-refractivity contribution is 6.33. The number of hydrogen-bond donors (Lipinski definition) is 1. The SMILES string of the molecule is O=C(Nc1ccccc1Cl)c1cc2cccnc2n(Cc2ccc(F)cc2)c1=O. The lowest BCUT2D eigenvalue weighted by Gasteiger charge is -2.13. The summed E-state index contributed by atoms with van der Waals surface area (Å²) in [4.78, 5) is 30.2. The molecule has 0 aliphatic heterocycles. The van der Waals surface area contributed by atoms with E-state index in [1.807, 2.05) is 0 Å². The molecule has 2 heterocycles. The standard InChI is InChI=1S/C22H15ClFN3O2/c23-18-5-1-2-6-19(18)26-21(28)17-12-15-4-3-11-25-20(15)27(22(17)29)13-14-7-9-16(24)10-8-14/h1-12H,13H2,(H,26,28). The quantitative estimate of drug-likeness (QED) is 0.542. The average molecular weight is 408 g/mol. The fourth-order valence-corrected chi connectivity index (χ4v) is 3.22. The molecule has 29 heavy (non-hydrogen) atoms. The molecule has 0 atom stereocenters. The van der Waals surface area contributed by atoms with Crippen LogP contribution in [0.15, 0.2) is 77.7 Å². The summed E-state index contributed by atoms with van der Waals surface area (Å²) in [5.74, 6) is -0.932. The highest BCUT2D eigenvalue weighted by Gasteiger charge is 2.17. The fourth-order valence-electron chi connectivity index (χ4n) is 3.04. The van der Waals surface area contributed by atoms with Gasteiger partial charge in [0.15, 0.2) is 0 Å². The van der Waals surface area contributed by atoms with Crippen LogP contribution in [-0.4, -0.2) is 15.5 Å². The number of aromatic nitrogens is 2. The maximum atomic E-state index is 13.2. The van der Waals surface area contributed by atoms with E-state index in [1.54, 1.807) is 54.7 Å². The molecule has 0 saturated carbocycles. The van der Waals surface area contributed by atoms with E-state index in [0.29, 0.717) is 27.3 Å². The number of anilines is 1. The van der Waals surface area contributed by atoms with Crippen molar-refractivity contribution in [2.24, 2.45) is 0 Å². The first-order valence-corrected chi connectivity index (χ1v) is 9.19. The third kappa shape index (κ3) is 3.88. The van der Waals surface area contributed by atoms with Crippen molar-refractivity contribution in [2.45, 2.75) is 6.54 Å². The number of halogens is 2. The number of carbonyl (C=O) groups excluding carboxylic acids is 1. The number of hydrogen-bond acceptors (Lipinski definition) is 3. The van der Waals surface area contributed by atoms with Crippen molar-refractivity contribution in [3.05, 3.63) is 105 Å². The Bertz CT molecular complexity index is 1270. The van der Waals surface area contributed by atoms with Crippen LogP contribution >= 0.6 is 11.6 Å². The zero-order valence-electron chi connectivity index (χ0n) is 15.1. The molecule has 5 nitrogen and oxygen atoms in total. The molecule has 0 aliphatic carbocycles. The Kier molecular flexibility index (Phi) is 5.10. The van der Waals surface area contributed by atoms with Crippen molar-refractivity contribution in [2.75, 3.05) is 5.32 Å². The Morgan fingerprint density at radius 3 is 2.59 bits per heavy atom. The van der Waals surface area contributed by atoms with Crippen molar-refractivity contribution >= 4 is 34.2 Å². The molecule has 0 saturated heterocycles. The summed E-state index contributed by atoms with van der Waals surface area (Å²) in [5, 5.41) is 3.68. The summed E-state index contributed by atoms with van der Waals surface area (Å²) in [7, 11) is 0. The Hall–Kier alpha value is -3.51. The van der Waals surface area contributed by atoms with Crippen LogP contribution in [0.3, 0.4) is 0 Å². The van der Waals surface area contributed by atoms with Gasteiger partial charge >= 0.3 is 0 Å². The van der Waals surface area contributed by atoms with Crippen molar-refractivity contribution in [3.8, 4) is 0 Å². The monoisotopic (exact) mass is 407 g/mol. The van der Waals surface area contributed by atoms with Gasteiger partial charge in [-0.15, -0.1) is 0 Å². The number of benzene rings is 2. The largest absolute Gasteiger partial charge is 0.320 e. The van der Waals surface area contributed by atoms with Crippen LogP contribution in [-0.2, 0) is 6.54 Å². The maximum absolute atomic E-state index is 13.2. The minimum absolute atomic E-state index is 0.0347. The van der Waals surface area contributed by atoms with Gasteiger partial charge in [0.25, 0.3) is 11.5 Å². The lowest BCUT2D eigenvalue weighted by molar-refractivity contribution is 0.102. The second-order valence-corrected chi connectivity index (χ2v) is 6.83. The second kappa shape index (κ2) is 7.85. The van der Waals surface area contributed by atoms with Crippen LogP contribution in [0.2, 0.25) is 5.02 Å². The number of nitrogens with zero attached hydrogens (tertiary/aromatic N) is 2. The van der Waals surface area contributed by atoms with Crippen LogP contribution in [0.1, 0.15) is 15.9 Å². The molecule has 144 valence electrons. The van der Waals surface area contributed by atoms with Crippen LogP contribution in [0, 0.1) is 5.82 Å². The molecule has 2 aromatic carbocycles. The van der Waals surface area contributed by atoms with E-state index in [4.69, 9.17) is 11.6 Å². The highest BCUT2D eigenvalue weighted by atomic mass is 35.5. The average Bonchev–Trinajstić information content (AvgIpc) is 2.73. The number of nitrogens with one attached hydrogen (secondary N) is 1. The van der Waals surface area contributed by atoms with Gasteiger partial charge in [0, 0.05) is 11.6 Å². The van der Waals surface area contributed by atoms with Crippen LogP contribution in [0.5, 0.6) is 0 Å². The van der Waals surface area contributed by atoms with E-state index >= 15 is 0 Å². The zero-order valence-corrected chi connectivity index (χ0v) is 15.9. The lowest BCUT2D eigenvalue weighted by atomic mass is 10.1. The summed E-state index contributed by atoms with van der Waals surface area (Å²) in [6.45, 7) is 0.153. The van der Waals surface area contributed by atoms with Gasteiger partial charge in [0.2, 0.25) is 0 Å². The minimum Gasteiger partial charge on any atom is -0.320 e. The van der Waals surface area contributed by atoms with Gasteiger partial charge in [0.05, 0.1) is 17.3 Å². The van der Waals surface area contributed by atoms with Crippen molar-refractivity contribution < 1.29 is 9.18 Å². The van der Waals surface area contributed by atoms with E-state index in [0.717, 1.165) is 0 Å².